The van der Waals surface area contributed by atoms with E-state index in [9.17, 15) is 13.2 Å². The summed E-state index contributed by atoms with van der Waals surface area (Å²) in [5, 5.41) is 2.92. The van der Waals surface area contributed by atoms with Crippen molar-refractivity contribution in [3.63, 3.8) is 0 Å². The maximum Gasteiger partial charge on any atom is 0.220 e. The monoisotopic (exact) mass is 275 g/mol. The van der Waals surface area contributed by atoms with Gasteiger partial charge in [0.1, 0.15) is 0 Å². The standard InChI is InChI=1S/C12H21NO4S/c1-9(11-3-2-5-17-11)13-12(14)7-10-4-6-18(15,16)8-10/h9-11H,2-8H2,1H3,(H,13,14)/t9-,10-,11+/m0/s1. The van der Waals surface area contributed by atoms with Crippen LogP contribution in [-0.2, 0) is 19.4 Å². The van der Waals surface area contributed by atoms with Gasteiger partial charge in [-0.3, -0.25) is 4.79 Å². The molecule has 104 valence electrons. The Labute approximate surface area is 108 Å². The van der Waals surface area contributed by atoms with Crippen LogP contribution in [0.3, 0.4) is 0 Å². The minimum atomic E-state index is -2.89. The fourth-order valence-corrected chi connectivity index (χ4v) is 4.56. The van der Waals surface area contributed by atoms with E-state index in [1.165, 1.54) is 0 Å². The number of amides is 1. The average Bonchev–Trinajstić information content (AvgIpc) is 2.87. The van der Waals surface area contributed by atoms with E-state index < -0.39 is 9.84 Å². The van der Waals surface area contributed by atoms with Crippen molar-refractivity contribution in [1.82, 2.24) is 5.32 Å². The van der Waals surface area contributed by atoms with Crippen LogP contribution in [0.25, 0.3) is 0 Å². The normalized spacial score (nSPS) is 32.3. The number of hydrogen-bond donors (Lipinski definition) is 1. The average molecular weight is 275 g/mol. The van der Waals surface area contributed by atoms with Gasteiger partial charge in [0.05, 0.1) is 23.7 Å². The maximum atomic E-state index is 11.8. The molecule has 0 saturated carbocycles. The molecule has 1 amide bonds. The Hall–Kier alpha value is -0.620. The van der Waals surface area contributed by atoms with Crippen molar-refractivity contribution >= 4 is 15.7 Å². The maximum absolute atomic E-state index is 11.8. The van der Waals surface area contributed by atoms with Gasteiger partial charge in [-0.1, -0.05) is 0 Å². The van der Waals surface area contributed by atoms with E-state index >= 15 is 0 Å². The second-order valence-electron chi connectivity index (χ2n) is 5.38. The van der Waals surface area contributed by atoms with Crippen LogP contribution >= 0.6 is 0 Å². The minimum absolute atomic E-state index is 0.00769. The van der Waals surface area contributed by atoms with Gasteiger partial charge >= 0.3 is 0 Å². The Bertz CT molecular complexity index is 400. The molecule has 3 atom stereocenters. The molecule has 0 aromatic carbocycles. The molecule has 1 N–H and O–H groups in total. The van der Waals surface area contributed by atoms with Crippen LogP contribution in [0.5, 0.6) is 0 Å². The number of rotatable bonds is 4. The molecule has 2 aliphatic rings. The molecule has 18 heavy (non-hydrogen) atoms. The highest BCUT2D eigenvalue weighted by Gasteiger charge is 2.30. The second kappa shape index (κ2) is 5.57. The van der Waals surface area contributed by atoms with Crippen molar-refractivity contribution < 1.29 is 17.9 Å². The Balaban J connectivity index is 1.75. The molecule has 2 saturated heterocycles. The van der Waals surface area contributed by atoms with Crippen molar-refractivity contribution in [2.45, 2.75) is 44.8 Å². The summed E-state index contributed by atoms with van der Waals surface area (Å²) in [6, 6.07) is 0.0120. The van der Waals surface area contributed by atoms with Crippen molar-refractivity contribution in [2.75, 3.05) is 18.1 Å². The van der Waals surface area contributed by atoms with Crippen LogP contribution in [-0.4, -0.2) is 44.6 Å². The zero-order valence-electron chi connectivity index (χ0n) is 10.7. The van der Waals surface area contributed by atoms with Crippen LogP contribution in [0.1, 0.15) is 32.6 Å². The molecule has 0 spiro atoms. The van der Waals surface area contributed by atoms with Crippen molar-refractivity contribution in [2.24, 2.45) is 5.92 Å². The topological polar surface area (TPSA) is 72.5 Å². The highest BCUT2D eigenvalue weighted by molar-refractivity contribution is 7.91. The Morgan fingerprint density at radius 1 is 1.44 bits per heavy atom. The first-order valence-electron chi connectivity index (χ1n) is 6.58. The van der Waals surface area contributed by atoms with E-state index in [1.807, 2.05) is 6.92 Å². The third-order valence-corrected chi connectivity index (χ3v) is 5.55. The van der Waals surface area contributed by atoms with Crippen LogP contribution in [0.15, 0.2) is 0 Å². The molecular formula is C12H21NO4S. The summed E-state index contributed by atoms with van der Waals surface area (Å²) in [6.07, 6.45) is 3.08. The first-order chi connectivity index (χ1) is 8.46. The lowest BCUT2D eigenvalue weighted by Gasteiger charge is -2.20. The molecule has 0 radical (unpaired) electrons. The molecule has 6 heteroatoms. The molecule has 5 nitrogen and oxygen atoms in total. The molecule has 0 aliphatic carbocycles. The lowest BCUT2D eigenvalue weighted by atomic mass is 10.0. The molecular weight excluding hydrogens is 254 g/mol. The van der Waals surface area contributed by atoms with Gasteiger partial charge in [0.2, 0.25) is 5.91 Å². The molecule has 2 fully saturated rings. The molecule has 2 heterocycles. The number of nitrogens with one attached hydrogen (secondary N) is 1. The predicted molar refractivity (Wildman–Crippen MR) is 68.0 cm³/mol. The summed E-state index contributed by atoms with van der Waals surface area (Å²) < 4.78 is 28.1. The highest BCUT2D eigenvalue weighted by atomic mass is 32.2. The van der Waals surface area contributed by atoms with E-state index in [-0.39, 0.29) is 35.5 Å². The number of sulfone groups is 1. The fraction of sp³-hybridized carbons (Fsp3) is 0.917. The SMILES string of the molecule is C[C@H](NC(=O)C[C@@H]1CCS(=O)(=O)C1)[C@H]1CCCO1. The van der Waals surface area contributed by atoms with Crippen LogP contribution < -0.4 is 5.32 Å². The summed E-state index contributed by atoms with van der Waals surface area (Å²) in [7, 11) is -2.89. The number of hydrogen-bond acceptors (Lipinski definition) is 4. The quantitative estimate of drug-likeness (QED) is 0.810. The molecule has 0 aromatic heterocycles. The second-order valence-corrected chi connectivity index (χ2v) is 7.61. The summed E-state index contributed by atoms with van der Waals surface area (Å²) in [5.74, 6) is 0.327. The molecule has 0 bridgehead atoms. The highest BCUT2D eigenvalue weighted by Crippen LogP contribution is 2.22. The van der Waals surface area contributed by atoms with Crippen LogP contribution in [0.4, 0.5) is 0 Å². The van der Waals surface area contributed by atoms with Gasteiger partial charge in [0.25, 0.3) is 0 Å². The zero-order valence-corrected chi connectivity index (χ0v) is 11.5. The summed E-state index contributed by atoms with van der Waals surface area (Å²) in [4.78, 5) is 11.8. The van der Waals surface area contributed by atoms with Crippen molar-refractivity contribution in [1.29, 1.82) is 0 Å². The van der Waals surface area contributed by atoms with E-state index in [0.29, 0.717) is 12.8 Å². The Morgan fingerprint density at radius 2 is 2.22 bits per heavy atom. The largest absolute Gasteiger partial charge is 0.376 e. The van der Waals surface area contributed by atoms with Gasteiger partial charge in [0, 0.05) is 13.0 Å². The predicted octanol–water partition coefficient (Wildman–Crippen LogP) is 0.495. The van der Waals surface area contributed by atoms with E-state index in [1.54, 1.807) is 0 Å². The van der Waals surface area contributed by atoms with Gasteiger partial charge < -0.3 is 10.1 Å². The van der Waals surface area contributed by atoms with Gasteiger partial charge in [-0.2, -0.15) is 0 Å². The third-order valence-electron chi connectivity index (χ3n) is 3.71. The van der Waals surface area contributed by atoms with Gasteiger partial charge in [-0.05, 0) is 32.1 Å². The Morgan fingerprint density at radius 3 is 2.78 bits per heavy atom. The van der Waals surface area contributed by atoms with Gasteiger partial charge in [-0.15, -0.1) is 0 Å². The van der Waals surface area contributed by atoms with E-state index in [2.05, 4.69) is 5.32 Å². The molecule has 0 unspecified atom stereocenters. The van der Waals surface area contributed by atoms with Crippen molar-refractivity contribution in [3.8, 4) is 0 Å². The first kappa shape index (κ1) is 13.8. The zero-order chi connectivity index (χ0) is 13.2. The van der Waals surface area contributed by atoms with Gasteiger partial charge in [-0.25, -0.2) is 8.42 Å². The lowest BCUT2D eigenvalue weighted by Crippen LogP contribution is -2.41. The summed E-state index contributed by atoms with van der Waals surface area (Å²) in [6.45, 7) is 2.71. The number of carbonyl (C=O) groups excluding carboxylic acids is 1. The molecule has 2 aliphatic heterocycles. The molecule has 2 rings (SSSR count). The number of carbonyl (C=O) groups is 1. The third kappa shape index (κ3) is 3.68. The lowest BCUT2D eigenvalue weighted by molar-refractivity contribution is -0.123. The summed E-state index contributed by atoms with van der Waals surface area (Å²) >= 11 is 0. The summed E-state index contributed by atoms with van der Waals surface area (Å²) in [5.41, 5.74) is 0. The number of ether oxygens (including phenoxy) is 1. The van der Waals surface area contributed by atoms with E-state index in [0.717, 1.165) is 19.4 Å². The molecule has 0 aromatic rings. The minimum Gasteiger partial charge on any atom is -0.376 e. The van der Waals surface area contributed by atoms with Crippen LogP contribution in [0.2, 0.25) is 0 Å². The van der Waals surface area contributed by atoms with E-state index in [4.69, 9.17) is 4.74 Å². The Kier molecular flexibility index (Phi) is 4.27. The van der Waals surface area contributed by atoms with Gasteiger partial charge in [0.15, 0.2) is 9.84 Å². The fourth-order valence-electron chi connectivity index (χ4n) is 2.70. The first-order valence-corrected chi connectivity index (χ1v) is 8.40. The van der Waals surface area contributed by atoms with Crippen molar-refractivity contribution in [3.05, 3.63) is 0 Å². The smallest absolute Gasteiger partial charge is 0.220 e. The van der Waals surface area contributed by atoms with Crippen LogP contribution in [0, 0.1) is 5.92 Å².